The average molecular weight is 268 g/mol. The SMILES string of the molecule is CCSP(=S)(NC=NC(C)C)OC(C)C. The van der Waals surface area contributed by atoms with E-state index in [1.54, 1.807) is 17.7 Å². The second kappa shape index (κ2) is 7.66. The summed E-state index contributed by atoms with van der Waals surface area (Å²) in [5.41, 5.74) is -1.98. The molecule has 0 aromatic rings. The lowest BCUT2D eigenvalue weighted by Crippen LogP contribution is -2.12. The molecule has 15 heavy (non-hydrogen) atoms. The van der Waals surface area contributed by atoms with E-state index in [0.717, 1.165) is 5.75 Å². The third-order valence-electron chi connectivity index (χ3n) is 1.24. The molecule has 0 saturated heterocycles. The highest BCUT2D eigenvalue weighted by Crippen LogP contribution is 2.56. The second-order valence-electron chi connectivity index (χ2n) is 3.57. The van der Waals surface area contributed by atoms with E-state index in [2.05, 4.69) is 17.0 Å². The smallest absolute Gasteiger partial charge is 0.211 e. The van der Waals surface area contributed by atoms with Crippen molar-refractivity contribution in [3.63, 3.8) is 0 Å². The van der Waals surface area contributed by atoms with Crippen LogP contribution in [0.1, 0.15) is 34.6 Å². The Balaban J connectivity index is 4.31. The fourth-order valence-electron chi connectivity index (χ4n) is 0.799. The Hall–Kier alpha value is 0.430. The largest absolute Gasteiger partial charge is 0.324 e. The Kier molecular flexibility index (Phi) is 7.88. The maximum Gasteiger partial charge on any atom is 0.211 e. The van der Waals surface area contributed by atoms with Crippen LogP contribution in [0.4, 0.5) is 0 Å². The number of rotatable bonds is 7. The van der Waals surface area contributed by atoms with E-state index in [0.29, 0.717) is 0 Å². The lowest BCUT2D eigenvalue weighted by atomic mass is 10.4. The van der Waals surface area contributed by atoms with Crippen LogP contribution in [-0.4, -0.2) is 24.2 Å². The molecule has 0 aliphatic heterocycles. The highest BCUT2D eigenvalue weighted by Gasteiger charge is 2.17. The fourth-order valence-corrected chi connectivity index (χ4v) is 5.79. The second-order valence-corrected chi connectivity index (χ2v) is 10.4. The Bertz CT molecular complexity index is 244. The van der Waals surface area contributed by atoms with E-state index >= 15 is 0 Å². The summed E-state index contributed by atoms with van der Waals surface area (Å²) in [6.45, 7) is 10.1. The van der Waals surface area contributed by atoms with Gasteiger partial charge in [0.2, 0.25) is 5.62 Å². The molecule has 1 atom stereocenters. The molecule has 0 aromatic carbocycles. The molecule has 90 valence electrons. The van der Waals surface area contributed by atoms with Crippen molar-refractivity contribution in [2.75, 3.05) is 5.75 Å². The molecule has 0 aliphatic rings. The van der Waals surface area contributed by atoms with Crippen molar-refractivity contribution in [1.82, 2.24) is 5.09 Å². The Labute approximate surface area is 102 Å². The third-order valence-corrected chi connectivity index (χ3v) is 6.86. The van der Waals surface area contributed by atoms with E-state index in [1.807, 2.05) is 27.7 Å². The summed E-state index contributed by atoms with van der Waals surface area (Å²) in [6, 6.07) is 0.284. The molecule has 1 unspecified atom stereocenters. The maximum atomic E-state index is 5.75. The van der Waals surface area contributed by atoms with Crippen LogP contribution >= 0.6 is 17.0 Å². The van der Waals surface area contributed by atoms with Crippen LogP contribution < -0.4 is 5.09 Å². The van der Waals surface area contributed by atoms with E-state index in [-0.39, 0.29) is 12.1 Å². The minimum absolute atomic E-state index is 0.148. The predicted molar refractivity (Wildman–Crippen MR) is 75.4 cm³/mol. The van der Waals surface area contributed by atoms with Gasteiger partial charge in [-0.25, -0.2) is 0 Å². The molecule has 0 aliphatic carbocycles. The van der Waals surface area contributed by atoms with E-state index in [9.17, 15) is 0 Å². The number of nitrogens with zero attached hydrogens (tertiary/aromatic N) is 1. The van der Waals surface area contributed by atoms with Crippen molar-refractivity contribution < 1.29 is 4.52 Å². The van der Waals surface area contributed by atoms with Crippen molar-refractivity contribution in [1.29, 1.82) is 0 Å². The molecule has 0 rings (SSSR count). The monoisotopic (exact) mass is 268 g/mol. The Morgan fingerprint density at radius 3 is 2.47 bits per heavy atom. The van der Waals surface area contributed by atoms with E-state index < -0.39 is 5.62 Å². The first-order valence-corrected chi connectivity index (χ1v) is 9.43. The molecule has 0 saturated carbocycles. The molecule has 3 nitrogen and oxygen atoms in total. The van der Waals surface area contributed by atoms with E-state index in [1.165, 1.54) is 0 Å². The quantitative estimate of drug-likeness (QED) is 0.436. The van der Waals surface area contributed by atoms with Gasteiger partial charge < -0.3 is 9.61 Å². The number of nitrogens with one attached hydrogen (secondary N) is 1. The van der Waals surface area contributed by atoms with Gasteiger partial charge in [-0.2, -0.15) is 0 Å². The summed E-state index contributed by atoms with van der Waals surface area (Å²) in [5, 5.41) is 3.13. The minimum atomic E-state index is -1.98. The van der Waals surface area contributed by atoms with Crippen LogP contribution in [0.2, 0.25) is 0 Å². The van der Waals surface area contributed by atoms with Crippen LogP contribution in [-0.2, 0) is 16.3 Å². The highest BCUT2D eigenvalue weighted by atomic mass is 32.9. The number of hydrogen-bond donors (Lipinski definition) is 1. The number of hydrogen-bond acceptors (Lipinski definition) is 4. The van der Waals surface area contributed by atoms with Gasteiger partial charge in [-0.15, -0.1) is 0 Å². The molecule has 0 radical (unpaired) electrons. The van der Waals surface area contributed by atoms with Crippen molar-refractivity contribution in [2.24, 2.45) is 4.99 Å². The first-order valence-electron chi connectivity index (χ1n) is 5.12. The lowest BCUT2D eigenvalue weighted by molar-refractivity contribution is 0.274. The van der Waals surface area contributed by atoms with Gasteiger partial charge in [0.15, 0.2) is 0 Å². The summed E-state index contributed by atoms with van der Waals surface area (Å²) >= 11 is 7.14. The zero-order chi connectivity index (χ0) is 11.9. The van der Waals surface area contributed by atoms with E-state index in [4.69, 9.17) is 16.3 Å². The van der Waals surface area contributed by atoms with Crippen LogP contribution in [0.3, 0.4) is 0 Å². The molecule has 0 fully saturated rings. The van der Waals surface area contributed by atoms with Gasteiger partial charge in [0.1, 0.15) is 0 Å². The van der Waals surface area contributed by atoms with Gasteiger partial charge in [-0.05, 0) is 45.3 Å². The Morgan fingerprint density at radius 2 is 2.07 bits per heavy atom. The van der Waals surface area contributed by atoms with Crippen LogP contribution in [0.15, 0.2) is 4.99 Å². The predicted octanol–water partition coefficient (Wildman–Crippen LogP) is 3.42. The third kappa shape index (κ3) is 8.26. The standard InChI is InChI=1S/C9H21N2OPS2/c1-6-15-13(14,12-9(4)5)11-7-10-8(2)3/h7-9H,6H2,1-5H3,(H,10,11,14). The van der Waals surface area contributed by atoms with Gasteiger partial charge in [-0.1, -0.05) is 18.3 Å². The summed E-state index contributed by atoms with van der Waals surface area (Å²) in [6.07, 6.45) is 1.84. The van der Waals surface area contributed by atoms with Crippen LogP contribution in [0.25, 0.3) is 0 Å². The molecular weight excluding hydrogens is 247 g/mol. The van der Waals surface area contributed by atoms with Gasteiger partial charge in [-0.3, -0.25) is 4.99 Å². The molecule has 0 amide bonds. The zero-order valence-electron chi connectivity index (χ0n) is 10.1. The molecule has 1 N–H and O–H groups in total. The summed E-state index contributed by atoms with van der Waals surface area (Å²) in [7, 11) is 0. The van der Waals surface area contributed by atoms with Crippen molar-refractivity contribution >= 4 is 35.1 Å². The van der Waals surface area contributed by atoms with Crippen molar-refractivity contribution in [2.45, 2.75) is 46.8 Å². The first-order chi connectivity index (χ1) is 6.89. The molecular formula is C9H21N2OPS2. The molecule has 0 aromatic heterocycles. The molecule has 6 heteroatoms. The topological polar surface area (TPSA) is 33.6 Å². The van der Waals surface area contributed by atoms with Crippen LogP contribution in [0, 0.1) is 0 Å². The molecule has 0 heterocycles. The Morgan fingerprint density at radius 1 is 1.47 bits per heavy atom. The normalized spacial score (nSPS) is 16.2. The molecule has 0 spiro atoms. The van der Waals surface area contributed by atoms with Gasteiger partial charge in [0.25, 0.3) is 0 Å². The lowest BCUT2D eigenvalue weighted by Gasteiger charge is -2.22. The molecule has 0 bridgehead atoms. The summed E-state index contributed by atoms with van der Waals surface area (Å²) in [4.78, 5) is 4.23. The minimum Gasteiger partial charge on any atom is -0.324 e. The van der Waals surface area contributed by atoms with Gasteiger partial charge in [0.05, 0.1) is 12.4 Å². The van der Waals surface area contributed by atoms with Crippen molar-refractivity contribution in [3.8, 4) is 0 Å². The maximum absolute atomic E-state index is 5.75. The fraction of sp³-hybridized carbons (Fsp3) is 0.889. The highest BCUT2D eigenvalue weighted by molar-refractivity contribution is 8.68. The first kappa shape index (κ1) is 15.4. The average Bonchev–Trinajstić information content (AvgIpc) is 2.01. The van der Waals surface area contributed by atoms with Gasteiger partial charge in [0, 0.05) is 6.04 Å². The summed E-state index contributed by atoms with van der Waals surface area (Å²) < 4.78 is 5.75. The zero-order valence-corrected chi connectivity index (χ0v) is 12.6. The van der Waals surface area contributed by atoms with Gasteiger partial charge >= 0.3 is 0 Å². The van der Waals surface area contributed by atoms with Crippen molar-refractivity contribution in [3.05, 3.63) is 0 Å². The van der Waals surface area contributed by atoms with Crippen LogP contribution in [0.5, 0.6) is 0 Å². The summed E-state index contributed by atoms with van der Waals surface area (Å²) in [5.74, 6) is 0.951. The number of aliphatic imine (C=N–C) groups is 1.